The fourth-order valence-corrected chi connectivity index (χ4v) is 4.97. The number of aromatic nitrogens is 1. The highest BCUT2D eigenvalue weighted by molar-refractivity contribution is 6.46. The maximum absolute atomic E-state index is 13.5. The topological polar surface area (TPSA) is 89.0 Å². The van der Waals surface area contributed by atoms with Gasteiger partial charge in [-0.25, -0.2) is 0 Å². The number of rotatable bonds is 7. The minimum atomic E-state index is -0.878. The maximum Gasteiger partial charge on any atom is 0.296 e. The maximum atomic E-state index is 13.5. The molecule has 7 nitrogen and oxygen atoms in total. The first kappa shape index (κ1) is 25.7. The monoisotopic (exact) mass is 520 g/mol. The Labute approximate surface area is 227 Å². The number of para-hydroxylation sites is 1. The number of carbonyl (C=O) groups is 2. The average molecular weight is 521 g/mol. The predicted molar refractivity (Wildman–Crippen MR) is 148 cm³/mol. The first-order valence-corrected chi connectivity index (χ1v) is 12.5. The Bertz CT molecular complexity index is 1560. The molecule has 7 heteroatoms. The molecule has 0 radical (unpaired) electrons. The van der Waals surface area contributed by atoms with Crippen molar-refractivity contribution in [2.75, 3.05) is 7.11 Å². The largest absolute Gasteiger partial charge is 0.507 e. The van der Waals surface area contributed by atoms with Gasteiger partial charge < -0.3 is 19.5 Å². The van der Waals surface area contributed by atoms with Crippen LogP contribution in [0.2, 0.25) is 0 Å². The fourth-order valence-electron chi connectivity index (χ4n) is 4.97. The molecule has 1 N–H and O–H groups in total. The number of pyridine rings is 1. The van der Waals surface area contributed by atoms with E-state index in [1.807, 2.05) is 62.4 Å². The molecule has 0 saturated carbocycles. The number of likely N-dealkylation sites (tertiary alicyclic amines) is 1. The molecule has 1 amide bonds. The number of carbonyl (C=O) groups excluding carboxylic acids is 2. The Balaban J connectivity index is 1.67. The van der Waals surface area contributed by atoms with Crippen molar-refractivity contribution in [1.29, 1.82) is 0 Å². The van der Waals surface area contributed by atoms with Gasteiger partial charge in [0.25, 0.3) is 11.7 Å². The number of amides is 1. The van der Waals surface area contributed by atoms with Gasteiger partial charge in [-0.1, -0.05) is 42.5 Å². The summed E-state index contributed by atoms with van der Waals surface area (Å²) in [5.74, 6) is -0.161. The van der Waals surface area contributed by atoms with Crippen molar-refractivity contribution in [3.63, 3.8) is 0 Å². The minimum absolute atomic E-state index is 0.0175. The highest BCUT2D eigenvalue weighted by Crippen LogP contribution is 2.43. The molecule has 5 rings (SSSR count). The molecule has 2 heterocycles. The number of hydrogen-bond donors (Lipinski definition) is 1. The summed E-state index contributed by atoms with van der Waals surface area (Å²) in [5, 5.41) is 11.6. The normalized spacial score (nSPS) is 16.4. The molecule has 0 spiro atoms. The standard InChI is InChI=1S/C32H28N2O5/c1-20-16-21(2)31(38-3)26(17-20)29(35)27-28(34(32(37)30(27)36)19-23-11-7-8-15-33-23)22-10-9-14-25(18-22)39-24-12-5-4-6-13-24/h4-18,28,35H,19H2,1-3H3/b29-27+. The molecular weight excluding hydrogens is 492 g/mol. The molecule has 0 bridgehead atoms. The van der Waals surface area contributed by atoms with E-state index in [-0.39, 0.29) is 17.9 Å². The van der Waals surface area contributed by atoms with Crippen molar-refractivity contribution in [2.24, 2.45) is 0 Å². The first-order valence-electron chi connectivity index (χ1n) is 12.5. The van der Waals surface area contributed by atoms with Crippen molar-refractivity contribution in [2.45, 2.75) is 26.4 Å². The van der Waals surface area contributed by atoms with E-state index in [9.17, 15) is 14.7 Å². The summed E-state index contributed by atoms with van der Waals surface area (Å²) < 4.78 is 11.6. The first-order chi connectivity index (χ1) is 18.9. The zero-order valence-electron chi connectivity index (χ0n) is 21.9. The third-order valence-electron chi connectivity index (χ3n) is 6.63. The van der Waals surface area contributed by atoms with E-state index in [0.29, 0.717) is 34.1 Å². The van der Waals surface area contributed by atoms with Crippen LogP contribution in [0.25, 0.3) is 5.76 Å². The van der Waals surface area contributed by atoms with Gasteiger partial charge in [-0.3, -0.25) is 14.6 Å². The molecule has 0 aliphatic carbocycles. The Hall–Kier alpha value is -4.91. The molecule has 1 fully saturated rings. The van der Waals surface area contributed by atoms with Crippen LogP contribution in [-0.2, 0) is 16.1 Å². The Morgan fingerprint density at radius 3 is 2.38 bits per heavy atom. The van der Waals surface area contributed by atoms with Crippen molar-refractivity contribution >= 4 is 17.4 Å². The highest BCUT2D eigenvalue weighted by atomic mass is 16.5. The Kier molecular flexibility index (Phi) is 7.14. The van der Waals surface area contributed by atoms with Crippen LogP contribution in [0.5, 0.6) is 17.2 Å². The second-order valence-corrected chi connectivity index (χ2v) is 9.40. The van der Waals surface area contributed by atoms with E-state index >= 15 is 0 Å². The van der Waals surface area contributed by atoms with Gasteiger partial charge in [0.15, 0.2) is 0 Å². The molecule has 1 atom stereocenters. The second-order valence-electron chi connectivity index (χ2n) is 9.40. The van der Waals surface area contributed by atoms with Gasteiger partial charge in [0.05, 0.1) is 36.5 Å². The van der Waals surface area contributed by atoms with E-state index in [2.05, 4.69) is 4.98 Å². The number of aliphatic hydroxyl groups is 1. The fraction of sp³-hybridized carbons (Fsp3) is 0.156. The van der Waals surface area contributed by atoms with Crippen LogP contribution in [0.3, 0.4) is 0 Å². The molecule has 196 valence electrons. The van der Waals surface area contributed by atoms with Crippen LogP contribution in [0.1, 0.15) is 34.0 Å². The number of methoxy groups -OCH3 is 1. The van der Waals surface area contributed by atoms with Crippen LogP contribution >= 0.6 is 0 Å². The van der Waals surface area contributed by atoms with E-state index in [1.54, 1.807) is 42.6 Å². The number of aliphatic hydroxyl groups excluding tert-OH is 1. The van der Waals surface area contributed by atoms with Crippen LogP contribution in [-0.4, -0.2) is 33.8 Å². The Morgan fingerprint density at radius 1 is 0.923 bits per heavy atom. The van der Waals surface area contributed by atoms with Gasteiger partial charge in [0.2, 0.25) is 0 Å². The number of aryl methyl sites for hydroxylation is 2. The van der Waals surface area contributed by atoms with Gasteiger partial charge in [-0.05, 0) is 73.0 Å². The van der Waals surface area contributed by atoms with E-state index in [1.165, 1.54) is 12.0 Å². The quantitative estimate of drug-likeness (QED) is 0.179. The third kappa shape index (κ3) is 5.11. The third-order valence-corrected chi connectivity index (χ3v) is 6.63. The number of hydrogen-bond acceptors (Lipinski definition) is 6. The molecule has 39 heavy (non-hydrogen) atoms. The van der Waals surface area contributed by atoms with E-state index in [4.69, 9.17) is 9.47 Å². The van der Waals surface area contributed by atoms with Crippen molar-refractivity contribution in [3.8, 4) is 17.2 Å². The summed E-state index contributed by atoms with van der Waals surface area (Å²) in [4.78, 5) is 32.8. The zero-order chi connectivity index (χ0) is 27.5. The summed E-state index contributed by atoms with van der Waals surface area (Å²) in [6, 6.07) is 24.7. The van der Waals surface area contributed by atoms with Gasteiger partial charge >= 0.3 is 0 Å². The van der Waals surface area contributed by atoms with Gasteiger partial charge in [-0.15, -0.1) is 0 Å². The van der Waals surface area contributed by atoms with Gasteiger partial charge in [0, 0.05) is 6.20 Å². The number of ether oxygens (including phenoxy) is 2. The number of Topliss-reactive ketones (excluding diaryl/α,β-unsaturated/α-hetero) is 1. The molecule has 1 unspecified atom stereocenters. The molecule has 3 aromatic carbocycles. The van der Waals surface area contributed by atoms with Crippen LogP contribution in [0.4, 0.5) is 0 Å². The van der Waals surface area contributed by atoms with Crippen LogP contribution in [0, 0.1) is 13.8 Å². The lowest BCUT2D eigenvalue weighted by Gasteiger charge is -2.25. The SMILES string of the molecule is COc1c(C)cc(C)cc1/C(O)=C1\C(=O)C(=O)N(Cc2ccccn2)C1c1cccc(Oc2ccccc2)c1. The molecule has 1 aromatic heterocycles. The van der Waals surface area contributed by atoms with Crippen molar-refractivity contribution in [3.05, 3.63) is 125 Å². The average Bonchev–Trinajstić information content (AvgIpc) is 3.18. The van der Waals surface area contributed by atoms with Gasteiger partial charge in [-0.2, -0.15) is 0 Å². The zero-order valence-corrected chi connectivity index (χ0v) is 21.9. The smallest absolute Gasteiger partial charge is 0.296 e. The molecule has 1 saturated heterocycles. The van der Waals surface area contributed by atoms with E-state index in [0.717, 1.165) is 11.1 Å². The molecule has 1 aliphatic rings. The van der Waals surface area contributed by atoms with Gasteiger partial charge in [0.1, 0.15) is 23.0 Å². The minimum Gasteiger partial charge on any atom is -0.507 e. The highest BCUT2D eigenvalue weighted by Gasteiger charge is 2.46. The summed E-state index contributed by atoms with van der Waals surface area (Å²) in [7, 11) is 1.51. The van der Waals surface area contributed by atoms with Crippen molar-refractivity contribution in [1.82, 2.24) is 9.88 Å². The lowest BCUT2D eigenvalue weighted by atomic mass is 9.93. The Morgan fingerprint density at radius 2 is 1.67 bits per heavy atom. The lowest BCUT2D eigenvalue weighted by molar-refractivity contribution is -0.140. The summed E-state index contributed by atoms with van der Waals surface area (Å²) in [5.41, 5.74) is 3.25. The van der Waals surface area contributed by atoms with E-state index < -0.39 is 17.7 Å². The summed E-state index contributed by atoms with van der Waals surface area (Å²) in [6.07, 6.45) is 1.63. The lowest BCUT2D eigenvalue weighted by Crippen LogP contribution is -2.29. The summed E-state index contributed by atoms with van der Waals surface area (Å²) in [6.45, 7) is 3.84. The van der Waals surface area contributed by atoms with Crippen LogP contribution in [0.15, 0.2) is 96.7 Å². The number of benzene rings is 3. The van der Waals surface area contributed by atoms with Crippen LogP contribution < -0.4 is 9.47 Å². The number of ketones is 1. The second kappa shape index (κ2) is 10.8. The van der Waals surface area contributed by atoms with Crippen molar-refractivity contribution < 1.29 is 24.2 Å². The molecule has 1 aliphatic heterocycles. The molecular formula is C32H28N2O5. The molecule has 4 aromatic rings. The predicted octanol–water partition coefficient (Wildman–Crippen LogP) is 6.12. The summed E-state index contributed by atoms with van der Waals surface area (Å²) >= 11 is 0. The number of nitrogens with zero attached hydrogens (tertiary/aromatic N) is 2.